The van der Waals surface area contributed by atoms with Gasteiger partial charge >= 0.3 is 5.97 Å². The molecule has 0 aliphatic heterocycles. The minimum atomic E-state index is -0.801. The zero-order valence-corrected chi connectivity index (χ0v) is 22.1. The molecule has 4 rings (SSSR count). The molecule has 7 atom stereocenters. The van der Waals surface area contributed by atoms with Crippen molar-refractivity contribution >= 4 is 11.8 Å². The number of carboxylic acids is 1. The number of carbonyl (C=O) groups excluding carboxylic acids is 1. The summed E-state index contributed by atoms with van der Waals surface area (Å²) in [6.07, 6.45) is 14.4. The Kier molecular flexibility index (Phi) is 6.07. The van der Waals surface area contributed by atoms with Crippen molar-refractivity contribution in [2.75, 3.05) is 0 Å². The van der Waals surface area contributed by atoms with Gasteiger partial charge in [-0.2, -0.15) is 0 Å². The van der Waals surface area contributed by atoms with Gasteiger partial charge in [-0.1, -0.05) is 59.3 Å². The summed E-state index contributed by atoms with van der Waals surface area (Å²) in [7, 11) is 0. The Labute approximate surface area is 201 Å². The van der Waals surface area contributed by atoms with Crippen LogP contribution >= 0.6 is 0 Å². The van der Waals surface area contributed by atoms with Gasteiger partial charge in [-0.15, -0.1) is 0 Å². The third kappa shape index (κ3) is 3.50. The first-order chi connectivity index (χ1) is 15.3. The lowest BCUT2D eigenvalue weighted by Crippen LogP contribution is -2.57. The summed E-state index contributed by atoms with van der Waals surface area (Å²) >= 11 is 0. The first kappa shape index (κ1) is 24.7. The summed E-state index contributed by atoms with van der Waals surface area (Å²) in [6, 6.07) is 0. The Bertz CT molecular complexity index is 894. The highest BCUT2D eigenvalue weighted by Gasteiger charge is 2.65. The van der Waals surface area contributed by atoms with Gasteiger partial charge in [0.25, 0.3) is 0 Å². The van der Waals surface area contributed by atoms with Crippen LogP contribution < -0.4 is 0 Å². The molecule has 0 aromatic rings. The summed E-state index contributed by atoms with van der Waals surface area (Å²) in [6.45, 7) is 16.2. The summed E-state index contributed by atoms with van der Waals surface area (Å²) < 4.78 is 0. The van der Waals surface area contributed by atoms with Gasteiger partial charge in [0.1, 0.15) is 5.78 Å². The molecule has 0 saturated heterocycles. The van der Waals surface area contributed by atoms with Crippen molar-refractivity contribution in [3.63, 3.8) is 0 Å². The van der Waals surface area contributed by atoms with E-state index < -0.39 is 5.97 Å². The number of aliphatic carboxylic acids is 1. The van der Waals surface area contributed by atoms with Crippen molar-refractivity contribution in [1.29, 1.82) is 0 Å². The van der Waals surface area contributed by atoms with Gasteiger partial charge in [-0.25, -0.2) is 4.79 Å². The molecular weight excluding hydrogens is 408 g/mol. The fourth-order valence-corrected chi connectivity index (χ4v) is 9.32. The lowest BCUT2D eigenvalue weighted by Gasteiger charge is -2.63. The van der Waals surface area contributed by atoms with Crippen molar-refractivity contribution in [2.45, 2.75) is 106 Å². The van der Waals surface area contributed by atoms with Crippen LogP contribution in [0.4, 0.5) is 0 Å². The average molecular weight is 455 g/mol. The summed E-state index contributed by atoms with van der Waals surface area (Å²) in [5.41, 5.74) is 2.80. The van der Waals surface area contributed by atoms with Crippen molar-refractivity contribution in [3.05, 3.63) is 23.3 Å². The van der Waals surface area contributed by atoms with E-state index in [1.807, 2.05) is 6.08 Å². The molecule has 3 saturated carbocycles. The van der Waals surface area contributed by atoms with Gasteiger partial charge in [-0.05, 0) is 98.2 Å². The number of fused-ring (bicyclic) bond motifs is 5. The van der Waals surface area contributed by atoms with E-state index in [9.17, 15) is 9.59 Å². The number of carbonyl (C=O) groups is 2. The van der Waals surface area contributed by atoms with E-state index >= 15 is 0 Å². The van der Waals surface area contributed by atoms with Crippen molar-refractivity contribution < 1.29 is 14.7 Å². The zero-order valence-electron chi connectivity index (χ0n) is 22.1. The fourth-order valence-electron chi connectivity index (χ4n) is 9.32. The van der Waals surface area contributed by atoms with Crippen LogP contribution in [0.3, 0.4) is 0 Å². The monoisotopic (exact) mass is 454 g/mol. The van der Waals surface area contributed by atoms with E-state index in [-0.39, 0.29) is 16.2 Å². The van der Waals surface area contributed by atoms with Gasteiger partial charge in [0.15, 0.2) is 0 Å². The van der Waals surface area contributed by atoms with Crippen molar-refractivity contribution in [3.8, 4) is 0 Å². The molecule has 0 aromatic carbocycles. The molecule has 1 N–H and O–H groups in total. The Morgan fingerprint density at radius 3 is 2.52 bits per heavy atom. The maximum Gasteiger partial charge on any atom is 0.330 e. The van der Waals surface area contributed by atoms with Gasteiger partial charge in [0.2, 0.25) is 0 Å². The quantitative estimate of drug-likeness (QED) is 0.343. The maximum absolute atomic E-state index is 12.8. The Morgan fingerprint density at radius 2 is 1.85 bits per heavy atom. The van der Waals surface area contributed by atoms with E-state index in [4.69, 9.17) is 5.11 Å². The number of Topliss-reactive ketones (excluding diaryl/α,β-unsaturated/α-hetero) is 1. The Hall–Kier alpha value is -1.38. The summed E-state index contributed by atoms with van der Waals surface area (Å²) in [5, 5.41) is 9.16. The molecular formula is C30H46O3. The SMILES string of the molecule is C/C(=C\CC[C@H](C)[C@H]1CC[C@]2(C)C3=CC[C@@H]4C(C)(C)C(=O)CC[C@]4(C)[C@H]3CC[C@]12C)C(=O)O. The molecule has 184 valence electrons. The molecule has 0 unspecified atom stereocenters. The molecule has 0 heterocycles. The second-order valence-corrected chi connectivity index (χ2v) is 13.3. The first-order valence-electron chi connectivity index (χ1n) is 13.4. The van der Waals surface area contributed by atoms with Crippen LogP contribution in [0.2, 0.25) is 0 Å². The van der Waals surface area contributed by atoms with E-state index in [2.05, 4.69) is 47.6 Å². The van der Waals surface area contributed by atoms with Gasteiger partial charge in [-0.3, -0.25) is 4.79 Å². The number of hydrogen-bond donors (Lipinski definition) is 1. The molecule has 4 aliphatic rings. The van der Waals surface area contributed by atoms with Crippen molar-refractivity contribution in [1.82, 2.24) is 0 Å². The molecule has 0 spiro atoms. The van der Waals surface area contributed by atoms with E-state index in [0.29, 0.717) is 40.4 Å². The molecule has 0 aromatic heterocycles. The third-order valence-corrected chi connectivity index (χ3v) is 11.7. The Balaban J connectivity index is 1.59. The zero-order chi connectivity index (χ0) is 24.4. The van der Waals surface area contributed by atoms with Crippen LogP contribution in [0.15, 0.2) is 23.3 Å². The van der Waals surface area contributed by atoms with Crippen LogP contribution in [0.1, 0.15) is 106 Å². The highest BCUT2D eigenvalue weighted by molar-refractivity contribution is 5.86. The lowest BCUT2D eigenvalue weighted by atomic mass is 9.41. The molecule has 3 fully saturated rings. The predicted molar refractivity (Wildman–Crippen MR) is 134 cm³/mol. The molecule has 0 amide bonds. The highest BCUT2D eigenvalue weighted by Crippen LogP contribution is 2.73. The molecule has 0 radical (unpaired) electrons. The van der Waals surface area contributed by atoms with Crippen LogP contribution in [-0.4, -0.2) is 16.9 Å². The van der Waals surface area contributed by atoms with E-state index in [0.717, 1.165) is 32.1 Å². The maximum atomic E-state index is 12.8. The third-order valence-electron chi connectivity index (χ3n) is 11.7. The lowest BCUT2D eigenvalue weighted by molar-refractivity contribution is -0.146. The minimum absolute atomic E-state index is 0.203. The largest absolute Gasteiger partial charge is 0.478 e. The van der Waals surface area contributed by atoms with Gasteiger partial charge < -0.3 is 5.11 Å². The van der Waals surface area contributed by atoms with Crippen LogP contribution in [0.5, 0.6) is 0 Å². The van der Waals surface area contributed by atoms with Crippen LogP contribution in [0.25, 0.3) is 0 Å². The molecule has 4 aliphatic carbocycles. The van der Waals surface area contributed by atoms with Crippen LogP contribution in [-0.2, 0) is 9.59 Å². The van der Waals surface area contributed by atoms with Crippen LogP contribution in [0, 0.1) is 45.3 Å². The molecule has 3 nitrogen and oxygen atoms in total. The topological polar surface area (TPSA) is 54.4 Å². The van der Waals surface area contributed by atoms with E-state index in [1.165, 1.54) is 25.7 Å². The predicted octanol–water partition coefficient (Wildman–Crippen LogP) is 7.61. The summed E-state index contributed by atoms with van der Waals surface area (Å²) in [5.74, 6) is 2.05. The summed E-state index contributed by atoms with van der Waals surface area (Å²) in [4.78, 5) is 23.9. The fraction of sp³-hybridized carbons (Fsp3) is 0.800. The first-order valence-corrected chi connectivity index (χ1v) is 13.4. The minimum Gasteiger partial charge on any atom is -0.478 e. The number of allylic oxidation sites excluding steroid dienone is 3. The Morgan fingerprint density at radius 1 is 1.15 bits per heavy atom. The van der Waals surface area contributed by atoms with Gasteiger partial charge in [0.05, 0.1) is 0 Å². The second-order valence-electron chi connectivity index (χ2n) is 13.3. The standard InChI is InChI=1S/C30H46O3/c1-19(9-8-10-20(2)26(32)33)21-13-17-30(7)23-11-12-24-27(3,4)25(31)15-16-28(24,5)22(23)14-18-29(21,30)6/h10-11,19,21-22,24H,8-9,12-18H2,1-7H3,(H,32,33)/b20-10+/t19-,21+,22-,24+,28+,29+,30+/m0/s1. The second kappa shape index (κ2) is 8.09. The van der Waals surface area contributed by atoms with E-state index in [1.54, 1.807) is 12.5 Å². The number of ketones is 1. The van der Waals surface area contributed by atoms with Gasteiger partial charge in [0, 0.05) is 17.4 Å². The number of carboxylic acid groups (broad SMARTS) is 1. The average Bonchev–Trinajstić information content (AvgIpc) is 3.02. The molecule has 3 heteroatoms. The smallest absolute Gasteiger partial charge is 0.330 e. The number of rotatable bonds is 5. The molecule has 33 heavy (non-hydrogen) atoms. The highest BCUT2D eigenvalue weighted by atomic mass is 16.4. The van der Waals surface area contributed by atoms with Crippen molar-refractivity contribution in [2.24, 2.45) is 45.3 Å². The molecule has 0 bridgehead atoms. The normalized spacial score (nSPS) is 43.2. The number of hydrogen-bond acceptors (Lipinski definition) is 2.